The summed E-state index contributed by atoms with van der Waals surface area (Å²) in [4.78, 5) is 19.1. The molecular weight excluding hydrogens is 407 g/mol. The maximum absolute atomic E-state index is 15.0. The minimum absolute atomic E-state index is 0.0628. The lowest BCUT2D eigenvalue weighted by atomic mass is 9.94. The van der Waals surface area contributed by atoms with Crippen molar-refractivity contribution in [3.8, 4) is 17.0 Å². The number of pyridine rings is 1. The zero-order chi connectivity index (χ0) is 22.4. The van der Waals surface area contributed by atoms with Gasteiger partial charge in [0.1, 0.15) is 23.0 Å². The van der Waals surface area contributed by atoms with Gasteiger partial charge in [-0.05, 0) is 54.8 Å². The van der Waals surface area contributed by atoms with Crippen molar-refractivity contribution in [2.24, 2.45) is 0 Å². The monoisotopic (exact) mass is 428 g/mol. The van der Waals surface area contributed by atoms with Crippen LogP contribution >= 0.6 is 0 Å². The first-order chi connectivity index (χ1) is 15.5. The molecule has 1 atom stereocenters. The lowest BCUT2D eigenvalue weighted by Crippen LogP contribution is -2.29. The normalized spacial score (nSPS) is 15.3. The van der Waals surface area contributed by atoms with Crippen LogP contribution < -0.4 is 0 Å². The molecule has 3 heterocycles. The van der Waals surface area contributed by atoms with Gasteiger partial charge in [0.25, 0.3) is 5.91 Å². The van der Waals surface area contributed by atoms with Gasteiger partial charge in [0, 0.05) is 35.6 Å². The fourth-order valence-corrected chi connectivity index (χ4v) is 4.26. The Morgan fingerprint density at radius 3 is 2.66 bits per heavy atom. The molecule has 2 aromatic heterocycles. The van der Waals surface area contributed by atoms with Gasteiger partial charge in [-0.1, -0.05) is 24.3 Å². The van der Waals surface area contributed by atoms with Crippen molar-refractivity contribution in [2.45, 2.75) is 26.4 Å². The maximum atomic E-state index is 15.0. The summed E-state index contributed by atoms with van der Waals surface area (Å²) in [6.07, 6.45) is 3.35. The van der Waals surface area contributed by atoms with Gasteiger partial charge in [-0.15, -0.1) is 0 Å². The van der Waals surface area contributed by atoms with E-state index in [2.05, 4.69) is 15.2 Å². The first-order valence-electron chi connectivity index (χ1n) is 10.3. The Bertz CT molecular complexity index is 1330. The van der Waals surface area contributed by atoms with Gasteiger partial charge in [0.2, 0.25) is 0 Å². The number of phenolic OH excluding ortho intramolecular Hbond substituents is 1. The standard InChI is InChI=1S/C25H21FN4O2/c1-14-10-18(20(31)11-15(14)2)22-21-23(29-28-22)25(32)30(13-16-6-5-9-27-12-16)24(21)17-7-3-4-8-19(17)26/h3-12,24,31H,13H2,1-2H3,(H,28,29). The van der Waals surface area contributed by atoms with Crippen molar-refractivity contribution < 1.29 is 14.3 Å². The summed E-state index contributed by atoms with van der Waals surface area (Å²) in [7, 11) is 0. The number of aryl methyl sites for hydroxylation is 2. The minimum Gasteiger partial charge on any atom is -0.507 e. The zero-order valence-corrected chi connectivity index (χ0v) is 17.6. The third-order valence-electron chi connectivity index (χ3n) is 6.01. The smallest absolute Gasteiger partial charge is 0.273 e. The third-order valence-corrected chi connectivity index (χ3v) is 6.01. The van der Waals surface area contributed by atoms with Gasteiger partial charge >= 0.3 is 0 Å². The largest absolute Gasteiger partial charge is 0.507 e. The Balaban J connectivity index is 1.70. The molecule has 0 radical (unpaired) electrons. The lowest BCUT2D eigenvalue weighted by Gasteiger charge is -2.26. The minimum atomic E-state index is -0.700. The zero-order valence-electron chi connectivity index (χ0n) is 17.6. The van der Waals surface area contributed by atoms with Gasteiger partial charge < -0.3 is 10.0 Å². The molecule has 2 N–H and O–H groups in total. The predicted molar refractivity (Wildman–Crippen MR) is 118 cm³/mol. The average molecular weight is 428 g/mol. The summed E-state index contributed by atoms with van der Waals surface area (Å²) in [6.45, 7) is 4.11. The molecule has 2 aromatic carbocycles. The maximum Gasteiger partial charge on any atom is 0.273 e. The molecule has 7 heteroatoms. The van der Waals surface area contributed by atoms with E-state index in [9.17, 15) is 14.3 Å². The number of carbonyl (C=O) groups is 1. The predicted octanol–water partition coefficient (Wildman–Crippen LogP) is 4.68. The van der Waals surface area contributed by atoms with Crippen LogP contribution in [0.2, 0.25) is 0 Å². The Labute approximate surface area is 184 Å². The molecule has 4 aromatic rings. The number of aromatic nitrogens is 3. The number of nitrogens with zero attached hydrogens (tertiary/aromatic N) is 3. The molecule has 1 unspecified atom stereocenters. The van der Waals surface area contributed by atoms with Crippen molar-refractivity contribution in [3.05, 3.63) is 100 Å². The summed E-state index contributed by atoms with van der Waals surface area (Å²) < 4.78 is 15.0. The van der Waals surface area contributed by atoms with Crippen LogP contribution in [0, 0.1) is 19.7 Å². The summed E-state index contributed by atoms with van der Waals surface area (Å²) >= 11 is 0. The molecule has 1 amide bonds. The molecule has 6 nitrogen and oxygen atoms in total. The molecule has 1 aliphatic rings. The first kappa shape index (κ1) is 19.9. The lowest BCUT2D eigenvalue weighted by molar-refractivity contribution is 0.0728. The molecule has 0 spiro atoms. The molecular formula is C25H21FN4O2. The van der Waals surface area contributed by atoms with E-state index in [-0.39, 0.29) is 18.2 Å². The van der Waals surface area contributed by atoms with E-state index < -0.39 is 11.9 Å². The fraction of sp³-hybridized carbons (Fsp3) is 0.160. The number of rotatable bonds is 4. The van der Waals surface area contributed by atoms with Crippen molar-refractivity contribution in [1.29, 1.82) is 0 Å². The van der Waals surface area contributed by atoms with Gasteiger partial charge in [0.05, 0.1) is 6.04 Å². The Kier molecular flexibility index (Phi) is 4.74. The molecule has 5 rings (SSSR count). The number of aromatic hydroxyl groups is 1. The number of amides is 1. The van der Waals surface area contributed by atoms with E-state index in [1.165, 1.54) is 6.07 Å². The first-order valence-corrected chi connectivity index (χ1v) is 10.3. The van der Waals surface area contributed by atoms with E-state index in [1.807, 2.05) is 26.0 Å². The van der Waals surface area contributed by atoms with E-state index >= 15 is 0 Å². The van der Waals surface area contributed by atoms with Crippen LogP contribution in [0.1, 0.15) is 44.3 Å². The number of hydrogen-bond acceptors (Lipinski definition) is 4. The Morgan fingerprint density at radius 2 is 1.91 bits per heavy atom. The van der Waals surface area contributed by atoms with Gasteiger partial charge in [-0.3, -0.25) is 14.9 Å². The van der Waals surface area contributed by atoms with Gasteiger partial charge in [0.15, 0.2) is 0 Å². The molecule has 0 aliphatic carbocycles. The number of hydrogen-bond donors (Lipinski definition) is 2. The van der Waals surface area contributed by atoms with Gasteiger partial charge in [-0.2, -0.15) is 5.10 Å². The SMILES string of the molecule is Cc1cc(O)c(-c2n[nH]c3c2C(c2ccccc2F)N(Cc2cccnc2)C3=O)cc1C. The highest BCUT2D eigenvalue weighted by Crippen LogP contribution is 2.45. The number of carbonyl (C=O) groups excluding carboxylic acids is 1. The van der Waals surface area contributed by atoms with Crippen LogP contribution in [0.3, 0.4) is 0 Å². The molecule has 0 saturated carbocycles. The van der Waals surface area contributed by atoms with Crippen molar-refractivity contribution >= 4 is 5.91 Å². The van der Waals surface area contributed by atoms with Crippen LogP contribution in [0.5, 0.6) is 5.75 Å². The van der Waals surface area contributed by atoms with E-state index in [4.69, 9.17) is 0 Å². The van der Waals surface area contributed by atoms with Crippen molar-refractivity contribution in [1.82, 2.24) is 20.1 Å². The molecule has 0 saturated heterocycles. The molecule has 160 valence electrons. The number of nitrogens with one attached hydrogen (secondary N) is 1. The van der Waals surface area contributed by atoms with E-state index in [0.717, 1.165) is 16.7 Å². The number of aromatic amines is 1. The third kappa shape index (κ3) is 3.13. The number of phenols is 1. The van der Waals surface area contributed by atoms with Crippen LogP contribution in [0.25, 0.3) is 11.3 Å². The number of halogens is 1. The second-order valence-electron chi connectivity index (χ2n) is 8.03. The fourth-order valence-electron chi connectivity index (χ4n) is 4.26. The highest BCUT2D eigenvalue weighted by molar-refractivity contribution is 6.00. The number of benzene rings is 2. The number of fused-ring (bicyclic) bond motifs is 1. The Morgan fingerprint density at radius 1 is 1.12 bits per heavy atom. The van der Waals surface area contributed by atoms with Gasteiger partial charge in [-0.25, -0.2) is 4.39 Å². The Hall–Kier alpha value is -4.00. The number of H-pyrrole nitrogens is 1. The highest BCUT2D eigenvalue weighted by Gasteiger charge is 2.43. The average Bonchev–Trinajstić information content (AvgIpc) is 3.32. The van der Waals surface area contributed by atoms with Crippen LogP contribution in [0.4, 0.5) is 4.39 Å². The summed E-state index contributed by atoms with van der Waals surface area (Å²) in [5, 5.41) is 17.9. The quantitative estimate of drug-likeness (QED) is 0.495. The highest BCUT2D eigenvalue weighted by atomic mass is 19.1. The van der Waals surface area contributed by atoms with Crippen LogP contribution in [-0.2, 0) is 6.54 Å². The summed E-state index contributed by atoms with van der Waals surface area (Å²) in [5.41, 5.74) is 4.92. The van der Waals surface area contributed by atoms with Crippen LogP contribution in [-0.4, -0.2) is 31.1 Å². The molecule has 32 heavy (non-hydrogen) atoms. The van der Waals surface area contributed by atoms with E-state index in [0.29, 0.717) is 28.1 Å². The summed E-state index contributed by atoms with van der Waals surface area (Å²) in [6, 6.07) is 12.9. The van der Waals surface area contributed by atoms with Crippen molar-refractivity contribution in [2.75, 3.05) is 0 Å². The molecule has 0 bridgehead atoms. The molecule has 0 fully saturated rings. The second-order valence-corrected chi connectivity index (χ2v) is 8.03. The second kappa shape index (κ2) is 7.60. The van der Waals surface area contributed by atoms with Crippen LogP contribution in [0.15, 0.2) is 60.9 Å². The van der Waals surface area contributed by atoms with E-state index in [1.54, 1.807) is 47.6 Å². The van der Waals surface area contributed by atoms with Crippen molar-refractivity contribution in [3.63, 3.8) is 0 Å². The summed E-state index contributed by atoms with van der Waals surface area (Å²) in [5.74, 6) is -0.627. The topological polar surface area (TPSA) is 82.1 Å². The molecule has 1 aliphatic heterocycles.